The molecule has 0 aliphatic heterocycles. The van der Waals surface area contributed by atoms with Gasteiger partial charge in [0.25, 0.3) is 0 Å². The van der Waals surface area contributed by atoms with E-state index in [-0.39, 0.29) is 0 Å². The van der Waals surface area contributed by atoms with Crippen LogP contribution in [0.2, 0.25) is 0 Å². The minimum atomic E-state index is 0.527. The van der Waals surface area contributed by atoms with Crippen molar-refractivity contribution in [1.82, 2.24) is 4.90 Å². The van der Waals surface area contributed by atoms with Crippen molar-refractivity contribution in [2.24, 2.45) is 5.92 Å². The molecule has 3 rings (SSSR count). The average molecular weight is 308 g/mol. The summed E-state index contributed by atoms with van der Waals surface area (Å²) in [6, 6.07) is 9.16. The minimum absolute atomic E-state index is 0.527. The number of rotatable bonds is 4. The summed E-state index contributed by atoms with van der Waals surface area (Å²) in [5.41, 5.74) is 5.56. The van der Waals surface area contributed by atoms with E-state index in [9.17, 15) is 0 Å². The molecule has 1 aromatic rings. The van der Waals surface area contributed by atoms with Gasteiger partial charge in [0.1, 0.15) is 0 Å². The van der Waals surface area contributed by atoms with Gasteiger partial charge in [0.05, 0.1) is 0 Å². The largest absolute Gasteiger partial charge is 0.308 e. The van der Waals surface area contributed by atoms with Crippen LogP contribution in [-0.2, 0) is 0 Å². The second-order valence-corrected chi connectivity index (χ2v) is 7.23. The molecule has 1 saturated carbocycles. The van der Waals surface area contributed by atoms with Gasteiger partial charge in [-0.05, 0) is 69.7 Å². The monoisotopic (exact) mass is 308 g/mol. The highest BCUT2D eigenvalue weighted by atomic mass is 15.1. The van der Waals surface area contributed by atoms with E-state index < -0.39 is 0 Å². The number of nitrogens with zero attached hydrogens (tertiary/aromatic N) is 1. The summed E-state index contributed by atoms with van der Waals surface area (Å²) in [5.74, 6) is 1.15. The highest BCUT2D eigenvalue weighted by molar-refractivity contribution is 5.79. The molecule has 23 heavy (non-hydrogen) atoms. The zero-order valence-corrected chi connectivity index (χ0v) is 14.5. The molecule has 1 N–H and O–H groups in total. The Morgan fingerprint density at radius 2 is 1.91 bits per heavy atom. The van der Waals surface area contributed by atoms with Gasteiger partial charge in [-0.3, -0.25) is 0 Å². The van der Waals surface area contributed by atoms with Gasteiger partial charge >= 0.3 is 0 Å². The number of hydrogen-bond acceptors (Lipinski definition) is 2. The Balaban J connectivity index is 1.98. The standard InChI is InChI=1S/C21H28N2/c1-15-7-6-10-18(15)20-12-11-17(23(2)3)13-21(20)19-9-5-4-8-16(19)14-22/h4-9,14,17,20-22H,10-13H2,1-3H3. The van der Waals surface area contributed by atoms with E-state index in [1.54, 1.807) is 5.57 Å². The van der Waals surface area contributed by atoms with Gasteiger partial charge in [0.15, 0.2) is 0 Å². The van der Waals surface area contributed by atoms with Gasteiger partial charge in [-0.15, -0.1) is 0 Å². The Kier molecular flexibility index (Phi) is 4.82. The van der Waals surface area contributed by atoms with E-state index in [4.69, 9.17) is 5.41 Å². The Bertz CT molecular complexity index is 639. The number of allylic oxidation sites excluding steroid dienone is 4. The smallest absolute Gasteiger partial charge is 0.0253 e. The molecule has 0 amide bonds. The van der Waals surface area contributed by atoms with Gasteiger partial charge in [-0.1, -0.05) is 47.6 Å². The van der Waals surface area contributed by atoms with E-state index in [1.807, 2.05) is 6.07 Å². The molecule has 0 aromatic heterocycles. The summed E-state index contributed by atoms with van der Waals surface area (Å²) < 4.78 is 0. The molecule has 1 fully saturated rings. The van der Waals surface area contributed by atoms with Gasteiger partial charge in [-0.25, -0.2) is 0 Å². The summed E-state index contributed by atoms with van der Waals surface area (Å²) in [5, 5.41) is 7.79. The Morgan fingerprint density at radius 3 is 2.57 bits per heavy atom. The molecule has 3 atom stereocenters. The van der Waals surface area contributed by atoms with Gasteiger partial charge in [-0.2, -0.15) is 0 Å². The number of hydrogen-bond donors (Lipinski definition) is 1. The van der Waals surface area contributed by atoms with Crippen molar-refractivity contribution in [1.29, 1.82) is 5.41 Å². The van der Waals surface area contributed by atoms with Crippen molar-refractivity contribution in [2.45, 2.75) is 44.6 Å². The zero-order chi connectivity index (χ0) is 16.4. The van der Waals surface area contributed by atoms with Gasteiger partial charge in [0, 0.05) is 12.3 Å². The van der Waals surface area contributed by atoms with Crippen LogP contribution in [0.4, 0.5) is 0 Å². The van der Waals surface area contributed by atoms with Crippen LogP contribution in [0.5, 0.6) is 0 Å². The molecule has 3 unspecified atom stereocenters. The molecule has 0 heterocycles. The quantitative estimate of drug-likeness (QED) is 0.797. The lowest BCUT2D eigenvalue weighted by Crippen LogP contribution is -2.37. The van der Waals surface area contributed by atoms with Gasteiger partial charge in [0.2, 0.25) is 0 Å². The predicted octanol–water partition coefficient (Wildman–Crippen LogP) is 4.77. The van der Waals surface area contributed by atoms with E-state index in [0.29, 0.717) is 17.9 Å². The number of nitrogens with one attached hydrogen (secondary N) is 1. The number of benzene rings is 1. The summed E-state index contributed by atoms with van der Waals surface area (Å²) in [6.07, 6.45) is 11.0. The van der Waals surface area contributed by atoms with E-state index >= 15 is 0 Å². The third-order valence-corrected chi connectivity index (χ3v) is 5.76. The van der Waals surface area contributed by atoms with E-state index in [0.717, 1.165) is 12.0 Å². The van der Waals surface area contributed by atoms with Crippen LogP contribution in [0, 0.1) is 11.3 Å². The zero-order valence-electron chi connectivity index (χ0n) is 14.5. The normalized spacial score (nSPS) is 27.7. The SMILES string of the molecule is CC1=C(C2CCC(N(C)C)CC2c2ccccc2C=N)CC=C1. The lowest BCUT2D eigenvalue weighted by Gasteiger charge is -2.41. The van der Waals surface area contributed by atoms with E-state index in [1.165, 1.54) is 36.6 Å². The fourth-order valence-corrected chi connectivity index (χ4v) is 4.43. The van der Waals surface area contributed by atoms with Crippen LogP contribution in [0.25, 0.3) is 0 Å². The van der Waals surface area contributed by atoms with Crippen molar-refractivity contribution in [3.8, 4) is 0 Å². The van der Waals surface area contributed by atoms with Crippen LogP contribution in [-0.4, -0.2) is 31.3 Å². The van der Waals surface area contributed by atoms with Gasteiger partial charge < -0.3 is 10.3 Å². The van der Waals surface area contributed by atoms with Crippen LogP contribution in [0.3, 0.4) is 0 Å². The fraction of sp³-hybridized carbons (Fsp3) is 0.476. The molecule has 2 nitrogen and oxygen atoms in total. The molecular weight excluding hydrogens is 280 g/mol. The lowest BCUT2D eigenvalue weighted by molar-refractivity contribution is 0.184. The highest BCUT2D eigenvalue weighted by Crippen LogP contribution is 2.46. The molecular formula is C21H28N2. The minimum Gasteiger partial charge on any atom is -0.308 e. The maximum absolute atomic E-state index is 7.79. The van der Waals surface area contributed by atoms with E-state index in [2.05, 4.69) is 56.3 Å². The Hall–Kier alpha value is -1.67. The summed E-state index contributed by atoms with van der Waals surface area (Å²) >= 11 is 0. The van der Waals surface area contributed by atoms with Crippen LogP contribution >= 0.6 is 0 Å². The first-order valence-corrected chi connectivity index (χ1v) is 8.73. The third kappa shape index (κ3) is 3.18. The summed E-state index contributed by atoms with van der Waals surface area (Å²) in [7, 11) is 4.40. The molecule has 2 heteroatoms. The molecule has 0 spiro atoms. The Morgan fingerprint density at radius 1 is 1.13 bits per heavy atom. The average Bonchev–Trinajstić information content (AvgIpc) is 3.00. The molecule has 0 radical (unpaired) electrons. The molecule has 2 aliphatic rings. The van der Waals surface area contributed by atoms with Crippen molar-refractivity contribution in [3.05, 3.63) is 58.7 Å². The molecule has 2 aliphatic carbocycles. The summed E-state index contributed by atoms with van der Waals surface area (Å²) in [6.45, 7) is 2.26. The third-order valence-electron chi connectivity index (χ3n) is 5.76. The van der Waals surface area contributed by atoms with Crippen molar-refractivity contribution in [2.75, 3.05) is 14.1 Å². The van der Waals surface area contributed by atoms with Crippen LogP contribution < -0.4 is 0 Å². The fourth-order valence-electron chi connectivity index (χ4n) is 4.43. The first-order chi connectivity index (χ1) is 11.1. The molecule has 0 bridgehead atoms. The molecule has 0 saturated heterocycles. The lowest BCUT2D eigenvalue weighted by atomic mass is 9.68. The maximum Gasteiger partial charge on any atom is 0.0253 e. The molecule has 1 aromatic carbocycles. The maximum atomic E-state index is 7.79. The first kappa shape index (κ1) is 16.2. The van der Waals surface area contributed by atoms with Crippen molar-refractivity contribution >= 4 is 6.21 Å². The predicted molar refractivity (Wildman–Crippen MR) is 98.3 cm³/mol. The first-order valence-electron chi connectivity index (χ1n) is 8.73. The van der Waals surface area contributed by atoms with Crippen LogP contribution in [0.1, 0.15) is 49.7 Å². The van der Waals surface area contributed by atoms with Crippen molar-refractivity contribution < 1.29 is 0 Å². The second-order valence-electron chi connectivity index (χ2n) is 7.23. The summed E-state index contributed by atoms with van der Waals surface area (Å²) in [4.78, 5) is 2.38. The molecule has 122 valence electrons. The second kappa shape index (κ2) is 6.84. The topological polar surface area (TPSA) is 27.1 Å². The van der Waals surface area contributed by atoms with Crippen LogP contribution in [0.15, 0.2) is 47.6 Å². The highest BCUT2D eigenvalue weighted by Gasteiger charge is 2.35. The Labute approximate surface area is 140 Å². The van der Waals surface area contributed by atoms with Crippen molar-refractivity contribution in [3.63, 3.8) is 0 Å².